The van der Waals surface area contributed by atoms with Crippen LogP contribution in [-0.4, -0.2) is 50.4 Å². The molecular weight excluding hydrogens is 446 g/mol. The van der Waals surface area contributed by atoms with Crippen LogP contribution in [0.3, 0.4) is 0 Å². The van der Waals surface area contributed by atoms with E-state index >= 15 is 0 Å². The lowest BCUT2D eigenvalue weighted by molar-refractivity contribution is 0.0393. The molecule has 0 radical (unpaired) electrons. The fourth-order valence-corrected chi connectivity index (χ4v) is 7.28. The lowest BCUT2D eigenvalue weighted by atomic mass is 9.96. The number of hydrogen-bond donors (Lipinski definition) is 1. The van der Waals surface area contributed by atoms with Crippen molar-refractivity contribution in [2.24, 2.45) is 0 Å². The van der Waals surface area contributed by atoms with E-state index in [1.807, 2.05) is 30.3 Å². The van der Waals surface area contributed by atoms with E-state index in [0.29, 0.717) is 16.8 Å². The Hall–Kier alpha value is -2.22. The van der Waals surface area contributed by atoms with Crippen molar-refractivity contribution in [1.82, 2.24) is 14.5 Å². The number of piperidine rings is 1. The van der Waals surface area contributed by atoms with Crippen LogP contribution in [0, 0.1) is 0 Å². The van der Waals surface area contributed by atoms with Crippen molar-refractivity contribution in [3.05, 3.63) is 51.9 Å². The van der Waals surface area contributed by atoms with Crippen LogP contribution in [0.5, 0.6) is 5.75 Å². The summed E-state index contributed by atoms with van der Waals surface area (Å²) in [5, 5.41) is 10.7. The zero-order valence-corrected chi connectivity index (χ0v) is 20.6. The predicted molar refractivity (Wildman–Crippen MR) is 135 cm³/mol. The van der Waals surface area contributed by atoms with Gasteiger partial charge in [0.15, 0.2) is 0 Å². The van der Waals surface area contributed by atoms with Crippen LogP contribution in [0.2, 0.25) is 0 Å². The number of aromatic nitrogens is 2. The molecule has 4 heterocycles. The quantitative estimate of drug-likeness (QED) is 0.556. The number of fused-ring (bicyclic) bond motifs is 3. The van der Waals surface area contributed by atoms with Crippen LogP contribution in [0.1, 0.15) is 62.7 Å². The maximum Gasteiger partial charge on any atom is 0.275 e. The lowest BCUT2D eigenvalue weighted by Gasteiger charge is -2.36. The molecular formula is C27H33N3O3S. The number of rotatable bonds is 6. The number of aliphatic hydroxyl groups is 1. The zero-order chi connectivity index (χ0) is 23.3. The molecule has 0 amide bonds. The first-order valence-corrected chi connectivity index (χ1v) is 13.5. The molecule has 34 heavy (non-hydrogen) atoms. The third kappa shape index (κ3) is 4.18. The molecule has 6 nitrogen and oxygen atoms in total. The van der Waals surface area contributed by atoms with Gasteiger partial charge in [0, 0.05) is 17.0 Å². The molecule has 7 heteroatoms. The van der Waals surface area contributed by atoms with Gasteiger partial charge in [0.05, 0.1) is 16.8 Å². The van der Waals surface area contributed by atoms with E-state index in [-0.39, 0.29) is 11.7 Å². The van der Waals surface area contributed by atoms with Gasteiger partial charge in [-0.25, -0.2) is 4.98 Å². The Bertz CT molecular complexity index is 1210. The first-order chi connectivity index (χ1) is 16.5. The minimum Gasteiger partial charge on any atom is -0.490 e. The summed E-state index contributed by atoms with van der Waals surface area (Å²) in [7, 11) is 2.24. The third-order valence-electron chi connectivity index (χ3n) is 8.33. The molecule has 1 unspecified atom stereocenters. The number of ether oxygens (including phenoxy) is 1. The Balaban J connectivity index is 1.16. The Morgan fingerprint density at radius 1 is 1.15 bits per heavy atom. The van der Waals surface area contributed by atoms with Crippen LogP contribution in [0.25, 0.3) is 15.9 Å². The Morgan fingerprint density at radius 3 is 2.56 bits per heavy atom. The summed E-state index contributed by atoms with van der Waals surface area (Å²) < 4.78 is 8.60. The van der Waals surface area contributed by atoms with E-state index in [1.54, 1.807) is 10.9 Å². The maximum atomic E-state index is 13.2. The summed E-state index contributed by atoms with van der Waals surface area (Å²) in [6.07, 6.45) is 12.2. The minimum absolute atomic E-state index is 0.0404. The smallest absolute Gasteiger partial charge is 0.275 e. The van der Waals surface area contributed by atoms with Crippen molar-refractivity contribution in [3.8, 4) is 11.4 Å². The van der Waals surface area contributed by atoms with Gasteiger partial charge in [-0.2, -0.15) is 0 Å². The van der Waals surface area contributed by atoms with Gasteiger partial charge in [-0.1, -0.05) is 12.8 Å². The molecule has 1 aliphatic carbocycles. The molecule has 2 saturated heterocycles. The highest BCUT2D eigenvalue weighted by atomic mass is 32.1. The van der Waals surface area contributed by atoms with E-state index in [4.69, 9.17) is 4.74 Å². The molecule has 2 aromatic heterocycles. The molecule has 3 aliphatic rings. The monoisotopic (exact) mass is 479 g/mol. The second-order valence-electron chi connectivity index (χ2n) is 10.5. The topological polar surface area (TPSA) is 67.6 Å². The first-order valence-electron chi connectivity index (χ1n) is 12.7. The SMILES string of the molecule is CN1[C@@H]2CC[C@H]1CC(Oc1ccc(-n3cnc4cc(CCC5(O)CCCC5)sc4c3=O)cc1)C2. The van der Waals surface area contributed by atoms with Gasteiger partial charge >= 0.3 is 0 Å². The highest BCUT2D eigenvalue weighted by Crippen LogP contribution is 2.36. The van der Waals surface area contributed by atoms with Crippen molar-refractivity contribution < 1.29 is 9.84 Å². The molecule has 0 spiro atoms. The van der Waals surface area contributed by atoms with Crippen LogP contribution in [-0.2, 0) is 6.42 Å². The van der Waals surface area contributed by atoms with Gasteiger partial charge in [-0.15, -0.1) is 11.3 Å². The molecule has 1 N–H and O–H groups in total. The molecule has 6 rings (SSSR count). The molecule has 3 atom stereocenters. The van der Waals surface area contributed by atoms with Crippen molar-refractivity contribution >= 4 is 21.6 Å². The van der Waals surface area contributed by atoms with Gasteiger partial charge in [-0.3, -0.25) is 9.36 Å². The summed E-state index contributed by atoms with van der Waals surface area (Å²) >= 11 is 1.51. The Morgan fingerprint density at radius 2 is 1.85 bits per heavy atom. The standard InChI is InChI=1S/C27H33N3O3S/c1-29-19-4-5-20(29)15-22(14-19)33-21-8-6-18(7-9-21)30-17-28-24-16-23(34-25(24)26(30)31)10-13-27(32)11-2-3-12-27/h6-9,16-17,19-20,22,32H,2-5,10-15H2,1H3/t19-,20+,22?. The summed E-state index contributed by atoms with van der Waals surface area (Å²) in [4.78, 5) is 21.4. The fourth-order valence-electron chi connectivity index (χ4n) is 6.24. The molecule has 1 aromatic carbocycles. The highest BCUT2D eigenvalue weighted by Gasteiger charge is 2.39. The van der Waals surface area contributed by atoms with Crippen LogP contribution < -0.4 is 10.3 Å². The van der Waals surface area contributed by atoms with Crippen molar-refractivity contribution in [3.63, 3.8) is 0 Å². The summed E-state index contributed by atoms with van der Waals surface area (Å²) in [5.41, 5.74) is 0.976. The minimum atomic E-state index is -0.527. The Labute approximate surface area is 204 Å². The fraction of sp³-hybridized carbons (Fsp3) is 0.556. The normalized spacial score (nSPS) is 26.4. The van der Waals surface area contributed by atoms with E-state index in [2.05, 4.69) is 16.9 Å². The molecule has 3 fully saturated rings. The molecule has 180 valence electrons. The lowest BCUT2D eigenvalue weighted by Crippen LogP contribution is -2.43. The summed E-state index contributed by atoms with van der Waals surface area (Å²) in [6.45, 7) is 0. The second kappa shape index (κ2) is 8.77. The van der Waals surface area contributed by atoms with Gasteiger partial charge in [0.25, 0.3) is 5.56 Å². The summed E-state index contributed by atoms with van der Waals surface area (Å²) in [6, 6.07) is 11.1. The van der Waals surface area contributed by atoms with Crippen molar-refractivity contribution in [2.45, 2.75) is 88.0 Å². The molecule has 3 aromatic rings. The van der Waals surface area contributed by atoms with Gasteiger partial charge < -0.3 is 14.7 Å². The number of thiophene rings is 1. The number of hydrogen-bond acceptors (Lipinski definition) is 6. The van der Waals surface area contributed by atoms with Gasteiger partial charge in [-0.05, 0) is 88.7 Å². The second-order valence-corrected chi connectivity index (χ2v) is 11.7. The maximum absolute atomic E-state index is 13.2. The zero-order valence-electron chi connectivity index (χ0n) is 19.8. The van der Waals surface area contributed by atoms with E-state index in [9.17, 15) is 9.90 Å². The van der Waals surface area contributed by atoms with Gasteiger partial charge in [0.2, 0.25) is 0 Å². The average molecular weight is 480 g/mol. The largest absolute Gasteiger partial charge is 0.490 e. The van der Waals surface area contributed by atoms with E-state index < -0.39 is 5.60 Å². The van der Waals surface area contributed by atoms with Crippen LogP contribution >= 0.6 is 11.3 Å². The van der Waals surface area contributed by atoms with Crippen LogP contribution in [0.15, 0.2) is 41.5 Å². The number of aryl methyl sites for hydroxylation is 1. The molecule has 2 bridgehead atoms. The van der Waals surface area contributed by atoms with Crippen molar-refractivity contribution in [2.75, 3.05) is 7.05 Å². The predicted octanol–water partition coefficient (Wildman–Crippen LogP) is 4.69. The number of benzene rings is 1. The van der Waals surface area contributed by atoms with Crippen LogP contribution in [0.4, 0.5) is 0 Å². The average Bonchev–Trinajstić information content (AvgIpc) is 3.50. The third-order valence-corrected chi connectivity index (χ3v) is 9.50. The van der Waals surface area contributed by atoms with Crippen molar-refractivity contribution in [1.29, 1.82) is 0 Å². The van der Waals surface area contributed by atoms with E-state index in [0.717, 1.165) is 73.2 Å². The molecule has 1 saturated carbocycles. The van der Waals surface area contributed by atoms with Gasteiger partial charge in [0.1, 0.15) is 22.9 Å². The number of nitrogens with zero attached hydrogens (tertiary/aromatic N) is 3. The molecule has 2 aliphatic heterocycles. The highest BCUT2D eigenvalue weighted by molar-refractivity contribution is 7.18. The summed E-state index contributed by atoms with van der Waals surface area (Å²) in [5.74, 6) is 0.864. The Kier molecular flexibility index (Phi) is 5.74. The van der Waals surface area contributed by atoms with E-state index in [1.165, 1.54) is 24.2 Å². The first kappa shape index (κ1) is 22.3.